The molecule has 3 aromatic carbocycles. The standard InChI is InChI=1S/C45H52ClN7O3S/c1-45(2)13-11-34(39(28-45)31-3-6-35(46)7-4-31)30-52-17-19-53(20-18-52)36-8-9-38(42(27-36)56-37-25-33-12-14-49-44(33)50-29-37)43(54)32-5-10-41(40(47)26-32)48-15-16-51-21-23-57(55)24-22-51/h3-10,12,14,25-27,29,48H,11,13,15-24,28,30,47H2,1-2H3,(H,49,50). The predicted octanol–water partition coefficient (Wildman–Crippen LogP) is 8.08. The number of nitrogens with one attached hydrogen (secondary N) is 2. The Balaban J connectivity index is 0.981. The summed E-state index contributed by atoms with van der Waals surface area (Å²) in [6.07, 6.45) is 6.90. The smallest absolute Gasteiger partial charge is 0.196 e. The maximum Gasteiger partial charge on any atom is 0.196 e. The predicted molar refractivity (Wildman–Crippen MR) is 234 cm³/mol. The van der Waals surface area contributed by atoms with Gasteiger partial charge in [-0.1, -0.05) is 54.3 Å². The molecule has 0 amide bonds. The monoisotopic (exact) mass is 805 g/mol. The zero-order valence-electron chi connectivity index (χ0n) is 32.9. The number of ether oxygens (including phenoxy) is 1. The molecule has 4 N–H and O–H groups in total. The molecule has 2 aliphatic heterocycles. The van der Waals surface area contributed by atoms with Gasteiger partial charge in [0.15, 0.2) is 5.78 Å². The Morgan fingerprint density at radius 1 is 0.982 bits per heavy atom. The number of aromatic amines is 1. The van der Waals surface area contributed by atoms with Crippen LogP contribution in [0.3, 0.4) is 0 Å². The molecular formula is C45H52ClN7O3S. The van der Waals surface area contributed by atoms with Gasteiger partial charge in [-0.05, 0) is 90.4 Å². The third kappa shape index (κ3) is 9.45. The molecule has 3 aliphatic rings. The first-order valence-electron chi connectivity index (χ1n) is 20.0. The molecule has 298 valence electrons. The van der Waals surface area contributed by atoms with Crippen molar-refractivity contribution in [2.75, 3.05) is 86.4 Å². The van der Waals surface area contributed by atoms with Gasteiger partial charge in [0.2, 0.25) is 0 Å². The number of anilines is 3. The van der Waals surface area contributed by atoms with Crippen molar-refractivity contribution in [1.82, 2.24) is 19.8 Å². The highest BCUT2D eigenvalue weighted by molar-refractivity contribution is 7.91. The summed E-state index contributed by atoms with van der Waals surface area (Å²) in [6, 6.07) is 23.5. The summed E-state index contributed by atoms with van der Waals surface area (Å²) in [6.45, 7) is 12.5. The van der Waals surface area contributed by atoms with E-state index in [0.717, 1.165) is 104 Å². The van der Waals surface area contributed by atoms with Gasteiger partial charge >= 0.3 is 0 Å². The lowest BCUT2D eigenvalue weighted by molar-refractivity contribution is 0.103. The van der Waals surface area contributed by atoms with Gasteiger partial charge in [-0.15, -0.1) is 0 Å². The summed E-state index contributed by atoms with van der Waals surface area (Å²) < 4.78 is 18.2. The van der Waals surface area contributed by atoms with Crippen LogP contribution in [0.5, 0.6) is 11.5 Å². The lowest BCUT2D eigenvalue weighted by atomic mass is 9.72. The van der Waals surface area contributed by atoms with Crippen LogP contribution >= 0.6 is 11.6 Å². The Labute approximate surface area is 343 Å². The Bertz CT molecular complexity index is 2240. The Morgan fingerprint density at radius 3 is 2.54 bits per heavy atom. The molecule has 2 saturated heterocycles. The number of piperazine rings is 1. The van der Waals surface area contributed by atoms with E-state index in [4.69, 9.17) is 22.1 Å². The van der Waals surface area contributed by atoms with Crippen LogP contribution in [0.15, 0.2) is 90.8 Å². The number of aromatic nitrogens is 2. The zero-order chi connectivity index (χ0) is 39.5. The van der Waals surface area contributed by atoms with E-state index in [0.29, 0.717) is 34.9 Å². The van der Waals surface area contributed by atoms with Crippen LogP contribution in [0, 0.1) is 5.41 Å². The van der Waals surface area contributed by atoms with Gasteiger partial charge < -0.3 is 30.2 Å². The van der Waals surface area contributed by atoms with Gasteiger partial charge in [-0.3, -0.25) is 14.6 Å². The lowest BCUT2D eigenvalue weighted by Gasteiger charge is -2.39. The van der Waals surface area contributed by atoms with E-state index in [1.807, 2.05) is 60.8 Å². The zero-order valence-corrected chi connectivity index (χ0v) is 34.4. The minimum atomic E-state index is -0.697. The van der Waals surface area contributed by atoms with Crippen molar-refractivity contribution in [3.8, 4) is 11.5 Å². The topological polar surface area (TPSA) is 126 Å². The van der Waals surface area contributed by atoms with Crippen LogP contribution in [-0.2, 0) is 11.2 Å². The third-order valence-electron chi connectivity index (χ3n) is 11.7. The number of nitrogen functional groups attached to an aromatic ring is 1. The first kappa shape index (κ1) is 39.3. The Hall–Kier alpha value is -4.52. The summed E-state index contributed by atoms with van der Waals surface area (Å²) in [4.78, 5) is 29.1. The number of nitrogens with zero attached hydrogens (tertiary/aromatic N) is 4. The first-order chi connectivity index (χ1) is 27.6. The van der Waals surface area contributed by atoms with Crippen molar-refractivity contribution in [3.63, 3.8) is 0 Å². The SMILES string of the molecule is CC1(C)CCC(CN2CCN(c3ccc(C(=O)c4ccc(NCCN5CC[S+]([O-])CC5)c(N)c4)c(Oc4cnc5[nH]ccc5c4)c3)CC2)=C(c2ccc(Cl)cc2)C1. The molecule has 1 aliphatic carbocycles. The van der Waals surface area contributed by atoms with Crippen molar-refractivity contribution in [2.45, 2.75) is 33.1 Å². The second-order valence-corrected chi connectivity index (χ2v) is 18.4. The fraction of sp³-hybridized carbons (Fsp3) is 0.378. The van der Waals surface area contributed by atoms with Crippen LogP contribution in [-0.4, -0.2) is 101 Å². The highest BCUT2D eigenvalue weighted by atomic mass is 35.5. The third-order valence-corrected chi connectivity index (χ3v) is 13.2. The number of halogens is 1. The van der Waals surface area contributed by atoms with Crippen LogP contribution in [0.4, 0.5) is 17.1 Å². The van der Waals surface area contributed by atoms with E-state index in [2.05, 4.69) is 56.0 Å². The van der Waals surface area contributed by atoms with Gasteiger partial charge in [0.05, 0.1) is 23.1 Å². The number of benzene rings is 3. The average molecular weight is 806 g/mol. The second kappa shape index (κ2) is 17.1. The fourth-order valence-electron chi connectivity index (χ4n) is 8.25. The molecule has 2 aromatic heterocycles. The number of carbonyl (C=O) groups is 1. The minimum Gasteiger partial charge on any atom is -0.616 e. The highest BCUT2D eigenvalue weighted by Gasteiger charge is 2.30. The molecule has 0 bridgehead atoms. The van der Waals surface area contributed by atoms with Crippen molar-refractivity contribution in [2.24, 2.45) is 5.41 Å². The Kier molecular flexibility index (Phi) is 11.8. The van der Waals surface area contributed by atoms with Gasteiger partial charge in [0.25, 0.3) is 0 Å². The van der Waals surface area contributed by atoms with Crippen LogP contribution < -0.4 is 20.7 Å². The number of rotatable bonds is 12. The van der Waals surface area contributed by atoms with Gasteiger partial charge in [-0.2, -0.15) is 0 Å². The second-order valence-electron chi connectivity index (χ2n) is 16.3. The normalized spacial score (nSPS) is 18.3. The maximum absolute atomic E-state index is 14.2. The molecular weight excluding hydrogens is 754 g/mol. The molecule has 57 heavy (non-hydrogen) atoms. The van der Waals surface area contributed by atoms with Gasteiger partial charge in [-0.25, -0.2) is 4.98 Å². The Morgan fingerprint density at radius 2 is 1.77 bits per heavy atom. The number of fused-ring (bicyclic) bond motifs is 1. The highest BCUT2D eigenvalue weighted by Crippen LogP contribution is 2.43. The average Bonchev–Trinajstić information content (AvgIpc) is 3.68. The van der Waals surface area contributed by atoms with E-state index in [1.54, 1.807) is 17.8 Å². The number of carbonyl (C=O) groups excluding carboxylic acids is 1. The van der Waals surface area contributed by atoms with Gasteiger partial charge in [0, 0.05) is 92.8 Å². The molecule has 10 nitrogen and oxygen atoms in total. The number of ketones is 1. The fourth-order valence-corrected chi connectivity index (χ4v) is 9.50. The van der Waals surface area contributed by atoms with Crippen molar-refractivity contribution >= 4 is 62.2 Å². The van der Waals surface area contributed by atoms with E-state index in [9.17, 15) is 9.35 Å². The number of hydrogen-bond acceptors (Lipinski definition) is 9. The molecule has 5 aromatic rings. The molecule has 0 atom stereocenters. The number of H-pyrrole nitrogens is 1. The van der Waals surface area contributed by atoms with Crippen LogP contribution in [0.25, 0.3) is 16.6 Å². The number of pyridine rings is 1. The molecule has 0 spiro atoms. The van der Waals surface area contributed by atoms with E-state index >= 15 is 0 Å². The summed E-state index contributed by atoms with van der Waals surface area (Å²) in [5, 5.41) is 5.11. The molecule has 0 saturated carbocycles. The van der Waals surface area contributed by atoms with E-state index in [-0.39, 0.29) is 11.2 Å². The molecule has 2 fully saturated rings. The van der Waals surface area contributed by atoms with Crippen LogP contribution in [0.1, 0.15) is 54.6 Å². The lowest BCUT2D eigenvalue weighted by Crippen LogP contribution is -2.47. The number of hydrogen-bond donors (Lipinski definition) is 3. The summed E-state index contributed by atoms with van der Waals surface area (Å²) in [7, 11) is 0. The summed E-state index contributed by atoms with van der Waals surface area (Å²) in [5.41, 5.74) is 15.1. The van der Waals surface area contributed by atoms with E-state index in [1.165, 1.54) is 17.6 Å². The van der Waals surface area contributed by atoms with Crippen molar-refractivity contribution in [1.29, 1.82) is 0 Å². The summed E-state index contributed by atoms with van der Waals surface area (Å²) >= 11 is 5.56. The molecule has 0 radical (unpaired) electrons. The van der Waals surface area contributed by atoms with Crippen LogP contribution in [0.2, 0.25) is 5.02 Å². The first-order valence-corrected chi connectivity index (χ1v) is 21.9. The van der Waals surface area contributed by atoms with Gasteiger partial charge in [0.1, 0.15) is 28.7 Å². The molecule has 8 rings (SSSR count). The van der Waals surface area contributed by atoms with Crippen molar-refractivity contribution < 1.29 is 14.1 Å². The number of allylic oxidation sites excluding steroid dienone is 1. The maximum atomic E-state index is 14.2. The molecule has 0 unspecified atom stereocenters. The minimum absolute atomic E-state index is 0.169. The van der Waals surface area contributed by atoms with E-state index < -0.39 is 11.2 Å². The number of nitrogens with two attached hydrogens (primary N) is 1. The largest absolute Gasteiger partial charge is 0.616 e. The molecule has 4 heterocycles. The quantitative estimate of drug-likeness (QED) is 0.0652. The summed E-state index contributed by atoms with van der Waals surface area (Å²) in [5.74, 6) is 2.31. The molecule has 12 heteroatoms. The van der Waals surface area contributed by atoms with Crippen molar-refractivity contribution in [3.05, 3.63) is 112 Å².